The molecule has 0 heterocycles. The number of nitrogens with one attached hydrogen (secondary N) is 2. The largest absolute Gasteiger partial charge is 0.455 e. The maximum absolute atomic E-state index is 5.93. The summed E-state index contributed by atoms with van der Waals surface area (Å²) in [5.74, 6) is 1.50. The predicted molar refractivity (Wildman–Crippen MR) is 104 cm³/mol. The molecule has 0 bridgehead atoms. The van der Waals surface area contributed by atoms with E-state index in [-0.39, 0.29) is 0 Å². The Bertz CT molecular complexity index is 834. The second-order valence-electron chi connectivity index (χ2n) is 5.31. The summed E-state index contributed by atoms with van der Waals surface area (Å²) in [6.45, 7) is 2.04. The number of para-hydroxylation sites is 4. The Morgan fingerprint density at radius 2 is 1.33 bits per heavy atom. The lowest BCUT2D eigenvalue weighted by Gasteiger charge is -2.15. The Hall–Kier alpha value is -2.85. The van der Waals surface area contributed by atoms with E-state index in [1.165, 1.54) is 0 Å². The van der Waals surface area contributed by atoms with Crippen molar-refractivity contribution in [2.45, 2.75) is 6.92 Å². The van der Waals surface area contributed by atoms with Crippen LogP contribution in [0.5, 0.6) is 11.5 Å². The van der Waals surface area contributed by atoms with Crippen LogP contribution in [0, 0.1) is 6.92 Å². The van der Waals surface area contributed by atoms with Crippen LogP contribution in [0.25, 0.3) is 0 Å². The Labute approximate surface area is 147 Å². The minimum Gasteiger partial charge on any atom is -0.455 e. The van der Waals surface area contributed by atoms with Gasteiger partial charge in [0.2, 0.25) is 0 Å². The van der Waals surface area contributed by atoms with Crippen molar-refractivity contribution in [1.29, 1.82) is 0 Å². The van der Waals surface area contributed by atoms with Gasteiger partial charge in [0.05, 0.1) is 5.69 Å². The zero-order valence-corrected chi connectivity index (χ0v) is 14.1. The zero-order valence-electron chi connectivity index (χ0n) is 13.3. The average Bonchev–Trinajstić information content (AvgIpc) is 2.60. The molecule has 0 spiro atoms. The molecule has 0 unspecified atom stereocenters. The van der Waals surface area contributed by atoms with Gasteiger partial charge >= 0.3 is 0 Å². The van der Waals surface area contributed by atoms with E-state index >= 15 is 0 Å². The fourth-order valence-electron chi connectivity index (χ4n) is 2.26. The van der Waals surface area contributed by atoms with Gasteiger partial charge < -0.3 is 15.4 Å². The number of hydrogen-bond acceptors (Lipinski definition) is 2. The minimum absolute atomic E-state index is 0.522. The molecule has 0 amide bonds. The van der Waals surface area contributed by atoms with Gasteiger partial charge in [-0.3, -0.25) is 0 Å². The lowest BCUT2D eigenvalue weighted by Crippen LogP contribution is -2.19. The highest BCUT2D eigenvalue weighted by atomic mass is 32.1. The van der Waals surface area contributed by atoms with E-state index in [0.717, 1.165) is 28.4 Å². The van der Waals surface area contributed by atoms with Gasteiger partial charge in [0, 0.05) is 5.69 Å². The summed E-state index contributed by atoms with van der Waals surface area (Å²) in [7, 11) is 0. The first kappa shape index (κ1) is 16.0. The second-order valence-corrected chi connectivity index (χ2v) is 5.71. The molecule has 3 rings (SSSR count). The van der Waals surface area contributed by atoms with Crippen LogP contribution >= 0.6 is 12.2 Å². The Morgan fingerprint density at radius 3 is 2.08 bits per heavy atom. The van der Waals surface area contributed by atoms with Gasteiger partial charge in [-0.1, -0.05) is 48.5 Å². The Kier molecular flexibility index (Phi) is 5.08. The van der Waals surface area contributed by atoms with E-state index in [2.05, 4.69) is 10.6 Å². The minimum atomic E-state index is 0.522. The summed E-state index contributed by atoms with van der Waals surface area (Å²) >= 11 is 5.42. The van der Waals surface area contributed by atoms with E-state index in [9.17, 15) is 0 Å². The third-order valence-electron chi connectivity index (χ3n) is 3.50. The molecule has 4 heteroatoms. The number of aryl methyl sites for hydroxylation is 1. The molecule has 24 heavy (non-hydrogen) atoms. The summed E-state index contributed by atoms with van der Waals surface area (Å²) in [6.07, 6.45) is 0. The molecule has 0 saturated heterocycles. The van der Waals surface area contributed by atoms with Gasteiger partial charge in [-0.25, -0.2) is 0 Å². The number of anilines is 2. The molecule has 2 N–H and O–H groups in total. The highest BCUT2D eigenvalue weighted by Gasteiger charge is 2.07. The van der Waals surface area contributed by atoms with Crippen LogP contribution in [0.15, 0.2) is 78.9 Å². The lowest BCUT2D eigenvalue weighted by atomic mass is 10.2. The Morgan fingerprint density at radius 1 is 0.750 bits per heavy atom. The highest BCUT2D eigenvalue weighted by Crippen LogP contribution is 2.29. The van der Waals surface area contributed by atoms with Crippen molar-refractivity contribution in [2.75, 3.05) is 10.6 Å². The van der Waals surface area contributed by atoms with Crippen molar-refractivity contribution in [1.82, 2.24) is 0 Å². The van der Waals surface area contributed by atoms with Gasteiger partial charge in [0.15, 0.2) is 10.9 Å². The Balaban J connectivity index is 1.73. The van der Waals surface area contributed by atoms with Gasteiger partial charge in [0.1, 0.15) is 5.75 Å². The smallest absolute Gasteiger partial charge is 0.175 e. The lowest BCUT2D eigenvalue weighted by molar-refractivity contribution is 0.485. The topological polar surface area (TPSA) is 33.3 Å². The van der Waals surface area contributed by atoms with E-state index in [4.69, 9.17) is 17.0 Å². The number of hydrogen-bond donors (Lipinski definition) is 2. The first-order valence-electron chi connectivity index (χ1n) is 7.68. The molecule has 0 aliphatic rings. The van der Waals surface area contributed by atoms with Crippen molar-refractivity contribution in [3.05, 3.63) is 84.4 Å². The molecule has 0 radical (unpaired) electrons. The molecular weight excluding hydrogens is 316 g/mol. The maximum atomic E-state index is 5.93. The molecular formula is C20H18N2OS. The average molecular weight is 334 g/mol. The molecule has 0 saturated carbocycles. The van der Waals surface area contributed by atoms with Crippen LogP contribution in [-0.4, -0.2) is 5.11 Å². The number of rotatable bonds is 4. The van der Waals surface area contributed by atoms with Crippen LogP contribution in [0.4, 0.5) is 11.4 Å². The van der Waals surface area contributed by atoms with E-state index in [1.807, 2.05) is 85.8 Å². The molecule has 3 aromatic carbocycles. The highest BCUT2D eigenvalue weighted by molar-refractivity contribution is 7.80. The van der Waals surface area contributed by atoms with Gasteiger partial charge in [-0.05, 0) is 55.0 Å². The van der Waals surface area contributed by atoms with Crippen molar-refractivity contribution >= 4 is 28.7 Å². The molecule has 3 nitrogen and oxygen atoms in total. The summed E-state index contributed by atoms with van der Waals surface area (Å²) in [5.41, 5.74) is 2.93. The number of benzene rings is 3. The molecule has 0 aliphatic carbocycles. The van der Waals surface area contributed by atoms with Crippen LogP contribution in [0.3, 0.4) is 0 Å². The van der Waals surface area contributed by atoms with Crippen LogP contribution in [0.1, 0.15) is 5.56 Å². The standard InChI is InChI=1S/C20H18N2OS/c1-15-9-5-6-12-17(15)21-20(24)22-18-13-7-8-14-19(18)23-16-10-3-2-4-11-16/h2-14H,1H3,(H2,21,22,24). The summed E-state index contributed by atoms with van der Waals surface area (Å²) in [5, 5.41) is 6.94. The van der Waals surface area contributed by atoms with E-state index in [1.54, 1.807) is 0 Å². The summed E-state index contributed by atoms with van der Waals surface area (Å²) in [4.78, 5) is 0. The summed E-state index contributed by atoms with van der Waals surface area (Å²) in [6, 6.07) is 25.4. The van der Waals surface area contributed by atoms with Gasteiger partial charge in [-0.2, -0.15) is 0 Å². The number of ether oxygens (including phenoxy) is 1. The van der Waals surface area contributed by atoms with Gasteiger partial charge in [0.25, 0.3) is 0 Å². The molecule has 0 aromatic heterocycles. The maximum Gasteiger partial charge on any atom is 0.175 e. The molecule has 120 valence electrons. The van der Waals surface area contributed by atoms with Crippen molar-refractivity contribution in [3.63, 3.8) is 0 Å². The van der Waals surface area contributed by atoms with Crippen molar-refractivity contribution in [3.8, 4) is 11.5 Å². The first-order chi connectivity index (χ1) is 11.7. The van der Waals surface area contributed by atoms with Crippen molar-refractivity contribution in [2.24, 2.45) is 0 Å². The third-order valence-corrected chi connectivity index (χ3v) is 3.70. The first-order valence-corrected chi connectivity index (χ1v) is 8.09. The second kappa shape index (κ2) is 7.62. The van der Waals surface area contributed by atoms with Crippen LogP contribution in [0.2, 0.25) is 0 Å². The van der Waals surface area contributed by atoms with Crippen molar-refractivity contribution < 1.29 is 4.74 Å². The van der Waals surface area contributed by atoms with Crippen LogP contribution < -0.4 is 15.4 Å². The molecule has 3 aromatic rings. The quantitative estimate of drug-likeness (QED) is 0.609. The fourth-order valence-corrected chi connectivity index (χ4v) is 2.48. The molecule has 0 aliphatic heterocycles. The monoisotopic (exact) mass is 334 g/mol. The third kappa shape index (κ3) is 4.12. The normalized spacial score (nSPS) is 10.0. The van der Waals surface area contributed by atoms with E-state index in [0.29, 0.717) is 5.11 Å². The zero-order chi connectivity index (χ0) is 16.8. The molecule has 0 atom stereocenters. The number of thiocarbonyl (C=S) groups is 1. The predicted octanol–water partition coefficient (Wildman–Crippen LogP) is 5.60. The SMILES string of the molecule is Cc1ccccc1NC(=S)Nc1ccccc1Oc1ccccc1. The van der Waals surface area contributed by atoms with Crippen LogP contribution in [-0.2, 0) is 0 Å². The fraction of sp³-hybridized carbons (Fsp3) is 0.0500. The molecule has 0 fully saturated rings. The summed E-state index contributed by atoms with van der Waals surface area (Å²) < 4.78 is 5.93. The van der Waals surface area contributed by atoms with Gasteiger partial charge in [-0.15, -0.1) is 0 Å². The van der Waals surface area contributed by atoms with E-state index < -0.39 is 0 Å².